The van der Waals surface area contributed by atoms with E-state index in [0.29, 0.717) is 12.5 Å². The molecule has 2 nitrogen and oxygen atoms in total. The van der Waals surface area contributed by atoms with Crippen molar-refractivity contribution in [2.24, 2.45) is 11.8 Å². The number of hydrogen-bond acceptors (Lipinski definition) is 2. The predicted octanol–water partition coefficient (Wildman–Crippen LogP) is 4.60. The number of pyridine rings is 1. The predicted molar refractivity (Wildman–Crippen MR) is 89.3 cm³/mol. The van der Waals surface area contributed by atoms with Gasteiger partial charge in [-0.2, -0.15) is 0 Å². The topological polar surface area (TPSA) is 33.1 Å². The van der Waals surface area contributed by atoms with Gasteiger partial charge in [0.2, 0.25) is 0 Å². The van der Waals surface area contributed by atoms with Crippen molar-refractivity contribution in [1.29, 1.82) is 0 Å². The molecule has 2 rings (SSSR count). The van der Waals surface area contributed by atoms with E-state index in [1.54, 1.807) is 0 Å². The molecule has 0 amide bonds. The minimum atomic E-state index is 0.314. The molecule has 1 N–H and O–H groups in total. The van der Waals surface area contributed by atoms with Gasteiger partial charge in [0.25, 0.3) is 0 Å². The molecule has 1 aromatic heterocycles. The standard InChI is InChI=1S/C19H27NO/c1-15(14-16(2)12-13-21)6-5-8-18-11-10-17-7-3-4-9-19(17)20-18/h3-4,7,9-11,15-16,21H,5-6,8,12-14H2,1-2H3. The van der Waals surface area contributed by atoms with Crippen LogP contribution in [0.15, 0.2) is 36.4 Å². The largest absolute Gasteiger partial charge is 0.396 e. The number of hydrogen-bond donors (Lipinski definition) is 1. The summed E-state index contributed by atoms with van der Waals surface area (Å²) in [5.74, 6) is 1.36. The van der Waals surface area contributed by atoms with Gasteiger partial charge in [-0.15, -0.1) is 0 Å². The van der Waals surface area contributed by atoms with Crippen LogP contribution in [-0.2, 0) is 6.42 Å². The molecule has 2 aromatic rings. The molecule has 0 fully saturated rings. The van der Waals surface area contributed by atoms with Crippen molar-refractivity contribution in [3.63, 3.8) is 0 Å². The number of nitrogens with zero attached hydrogens (tertiary/aromatic N) is 1. The summed E-state index contributed by atoms with van der Waals surface area (Å²) < 4.78 is 0. The van der Waals surface area contributed by atoms with Gasteiger partial charge >= 0.3 is 0 Å². The fraction of sp³-hybridized carbons (Fsp3) is 0.526. The maximum Gasteiger partial charge on any atom is 0.0705 e. The van der Waals surface area contributed by atoms with Crippen molar-refractivity contribution >= 4 is 10.9 Å². The second-order valence-corrected chi connectivity index (χ2v) is 6.35. The first-order valence-corrected chi connectivity index (χ1v) is 8.14. The Bertz CT molecular complexity index is 552. The van der Waals surface area contributed by atoms with Crippen molar-refractivity contribution in [3.8, 4) is 0 Å². The Morgan fingerprint density at radius 2 is 1.76 bits per heavy atom. The first-order chi connectivity index (χ1) is 10.2. The fourth-order valence-corrected chi connectivity index (χ4v) is 3.02. The van der Waals surface area contributed by atoms with Gasteiger partial charge < -0.3 is 5.11 Å². The minimum absolute atomic E-state index is 0.314. The lowest BCUT2D eigenvalue weighted by atomic mass is 9.91. The zero-order chi connectivity index (χ0) is 15.1. The summed E-state index contributed by atoms with van der Waals surface area (Å²) in [6.07, 6.45) is 5.63. The molecule has 0 aliphatic carbocycles. The smallest absolute Gasteiger partial charge is 0.0705 e. The molecule has 2 atom stereocenters. The van der Waals surface area contributed by atoms with E-state index >= 15 is 0 Å². The first kappa shape index (κ1) is 16.0. The number of aliphatic hydroxyl groups excluding tert-OH is 1. The van der Waals surface area contributed by atoms with E-state index < -0.39 is 0 Å². The zero-order valence-electron chi connectivity index (χ0n) is 13.3. The van der Waals surface area contributed by atoms with Gasteiger partial charge in [0.05, 0.1) is 5.52 Å². The number of aryl methyl sites for hydroxylation is 1. The van der Waals surface area contributed by atoms with E-state index in [0.717, 1.165) is 24.3 Å². The van der Waals surface area contributed by atoms with E-state index in [1.807, 2.05) is 6.07 Å². The Morgan fingerprint density at radius 1 is 1.00 bits per heavy atom. The molecular formula is C19H27NO. The highest BCUT2D eigenvalue weighted by molar-refractivity contribution is 5.78. The Balaban J connectivity index is 1.79. The Kier molecular flexibility index (Phi) is 6.19. The van der Waals surface area contributed by atoms with Gasteiger partial charge in [-0.05, 0) is 49.7 Å². The highest BCUT2D eigenvalue weighted by Gasteiger charge is 2.08. The third-order valence-corrected chi connectivity index (χ3v) is 4.21. The number of rotatable bonds is 8. The summed E-state index contributed by atoms with van der Waals surface area (Å²) in [5.41, 5.74) is 2.30. The molecule has 2 unspecified atom stereocenters. The highest BCUT2D eigenvalue weighted by Crippen LogP contribution is 2.20. The number of para-hydroxylation sites is 1. The van der Waals surface area contributed by atoms with Crippen molar-refractivity contribution in [3.05, 3.63) is 42.1 Å². The van der Waals surface area contributed by atoms with Crippen molar-refractivity contribution in [1.82, 2.24) is 4.98 Å². The average Bonchev–Trinajstić information content (AvgIpc) is 2.47. The molecule has 0 aliphatic heterocycles. The fourth-order valence-electron chi connectivity index (χ4n) is 3.02. The quantitative estimate of drug-likeness (QED) is 0.768. The molecule has 0 spiro atoms. The van der Waals surface area contributed by atoms with Gasteiger partial charge in [-0.3, -0.25) is 4.98 Å². The van der Waals surface area contributed by atoms with Gasteiger partial charge in [-0.25, -0.2) is 0 Å². The van der Waals surface area contributed by atoms with E-state index in [4.69, 9.17) is 10.1 Å². The maximum absolute atomic E-state index is 8.95. The number of benzene rings is 1. The SMILES string of the molecule is CC(CCO)CC(C)CCCc1ccc2ccccc2n1. The number of aliphatic hydroxyl groups is 1. The molecule has 0 radical (unpaired) electrons. The summed E-state index contributed by atoms with van der Waals surface area (Å²) in [6, 6.07) is 12.6. The van der Waals surface area contributed by atoms with Crippen LogP contribution in [0.4, 0.5) is 0 Å². The van der Waals surface area contributed by atoms with Crippen LogP contribution in [0.3, 0.4) is 0 Å². The lowest BCUT2D eigenvalue weighted by Crippen LogP contribution is -2.05. The van der Waals surface area contributed by atoms with Gasteiger partial charge in [0.15, 0.2) is 0 Å². The van der Waals surface area contributed by atoms with Crippen LogP contribution in [0.5, 0.6) is 0 Å². The van der Waals surface area contributed by atoms with E-state index in [-0.39, 0.29) is 0 Å². The third kappa shape index (κ3) is 5.13. The van der Waals surface area contributed by atoms with Crippen LogP contribution in [0.25, 0.3) is 10.9 Å². The summed E-state index contributed by atoms with van der Waals surface area (Å²) in [7, 11) is 0. The van der Waals surface area contributed by atoms with Gasteiger partial charge in [-0.1, -0.05) is 44.5 Å². The molecule has 0 bridgehead atoms. The molecule has 1 heterocycles. The Labute approximate surface area is 128 Å². The molecule has 0 aliphatic rings. The molecule has 1 aromatic carbocycles. The second kappa shape index (κ2) is 8.14. The number of aromatic nitrogens is 1. The van der Waals surface area contributed by atoms with E-state index in [2.05, 4.69) is 44.2 Å². The second-order valence-electron chi connectivity index (χ2n) is 6.35. The normalized spacial score (nSPS) is 14.2. The molecular weight excluding hydrogens is 258 g/mol. The molecule has 21 heavy (non-hydrogen) atoms. The lowest BCUT2D eigenvalue weighted by Gasteiger charge is -2.16. The van der Waals surface area contributed by atoms with Crippen LogP contribution in [0.2, 0.25) is 0 Å². The minimum Gasteiger partial charge on any atom is -0.396 e. The van der Waals surface area contributed by atoms with Crippen molar-refractivity contribution in [2.45, 2.75) is 46.0 Å². The summed E-state index contributed by atoms with van der Waals surface area (Å²) in [6.45, 7) is 4.87. The maximum atomic E-state index is 8.95. The molecule has 0 saturated heterocycles. The summed E-state index contributed by atoms with van der Waals surface area (Å²) in [4.78, 5) is 4.73. The molecule has 0 saturated carbocycles. The van der Waals surface area contributed by atoms with Crippen LogP contribution >= 0.6 is 0 Å². The van der Waals surface area contributed by atoms with E-state index in [9.17, 15) is 0 Å². The molecule has 114 valence electrons. The lowest BCUT2D eigenvalue weighted by molar-refractivity contribution is 0.246. The molecule has 2 heteroatoms. The summed E-state index contributed by atoms with van der Waals surface area (Å²) >= 11 is 0. The van der Waals surface area contributed by atoms with Crippen molar-refractivity contribution in [2.75, 3.05) is 6.61 Å². The average molecular weight is 285 g/mol. The first-order valence-electron chi connectivity index (χ1n) is 8.14. The Morgan fingerprint density at radius 3 is 2.57 bits per heavy atom. The van der Waals surface area contributed by atoms with Crippen molar-refractivity contribution < 1.29 is 5.11 Å². The summed E-state index contributed by atoms with van der Waals surface area (Å²) in [5, 5.41) is 10.2. The zero-order valence-corrected chi connectivity index (χ0v) is 13.3. The monoisotopic (exact) mass is 285 g/mol. The number of fused-ring (bicyclic) bond motifs is 1. The van der Waals surface area contributed by atoms with E-state index in [1.165, 1.54) is 30.3 Å². The van der Waals surface area contributed by atoms with Crippen LogP contribution in [0.1, 0.15) is 45.2 Å². The van der Waals surface area contributed by atoms with Crippen LogP contribution in [-0.4, -0.2) is 16.7 Å². The highest BCUT2D eigenvalue weighted by atomic mass is 16.3. The van der Waals surface area contributed by atoms with Crippen LogP contribution in [0, 0.1) is 11.8 Å². The van der Waals surface area contributed by atoms with Gasteiger partial charge in [0, 0.05) is 17.7 Å². The third-order valence-electron chi connectivity index (χ3n) is 4.21. The van der Waals surface area contributed by atoms with Gasteiger partial charge in [0.1, 0.15) is 0 Å². The van der Waals surface area contributed by atoms with Crippen LogP contribution < -0.4 is 0 Å². The Hall–Kier alpha value is -1.41.